The van der Waals surface area contributed by atoms with E-state index in [0.717, 1.165) is 0 Å². The zero-order valence-electron chi connectivity index (χ0n) is 9.25. The maximum Gasteiger partial charge on any atom is 0.108 e. The standard InChI is InChI=1S/C11H23NO/c1-4-7-10(2)13-11(3)12-8-5-6-9-12/h10-11H,4-9H2,1-3H3. The van der Waals surface area contributed by atoms with Crippen LogP contribution in [0.15, 0.2) is 0 Å². The Morgan fingerprint density at radius 2 is 1.85 bits per heavy atom. The monoisotopic (exact) mass is 185 g/mol. The fourth-order valence-electron chi connectivity index (χ4n) is 2.00. The fourth-order valence-corrected chi connectivity index (χ4v) is 2.00. The van der Waals surface area contributed by atoms with Gasteiger partial charge in [-0.15, -0.1) is 0 Å². The molecule has 78 valence electrons. The van der Waals surface area contributed by atoms with Crippen LogP contribution in [0.25, 0.3) is 0 Å². The van der Waals surface area contributed by atoms with Crippen LogP contribution in [0.3, 0.4) is 0 Å². The number of rotatable bonds is 5. The Morgan fingerprint density at radius 3 is 2.38 bits per heavy atom. The Labute approximate surface area is 82.3 Å². The number of ether oxygens (including phenoxy) is 1. The van der Waals surface area contributed by atoms with Gasteiger partial charge in [0.15, 0.2) is 0 Å². The molecule has 0 amide bonds. The Balaban J connectivity index is 2.18. The quantitative estimate of drug-likeness (QED) is 0.653. The molecule has 0 aliphatic carbocycles. The molecular weight excluding hydrogens is 162 g/mol. The third-order valence-electron chi connectivity index (χ3n) is 2.78. The Morgan fingerprint density at radius 1 is 1.23 bits per heavy atom. The molecule has 0 spiro atoms. The zero-order valence-corrected chi connectivity index (χ0v) is 9.25. The summed E-state index contributed by atoms with van der Waals surface area (Å²) in [6, 6.07) is 0. The molecule has 0 N–H and O–H groups in total. The highest BCUT2D eigenvalue weighted by atomic mass is 16.5. The summed E-state index contributed by atoms with van der Waals surface area (Å²) in [6.07, 6.45) is 5.82. The Kier molecular flexibility index (Phi) is 4.74. The summed E-state index contributed by atoms with van der Waals surface area (Å²) in [7, 11) is 0. The van der Waals surface area contributed by atoms with Gasteiger partial charge in [0.2, 0.25) is 0 Å². The molecule has 1 rings (SSSR count). The molecule has 2 unspecified atom stereocenters. The van der Waals surface area contributed by atoms with Crippen molar-refractivity contribution in [3.05, 3.63) is 0 Å². The third-order valence-corrected chi connectivity index (χ3v) is 2.78. The maximum atomic E-state index is 5.90. The van der Waals surface area contributed by atoms with Gasteiger partial charge in [0.1, 0.15) is 6.23 Å². The predicted molar refractivity (Wildman–Crippen MR) is 55.7 cm³/mol. The van der Waals surface area contributed by atoms with Crippen molar-refractivity contribution >= 4 is 0 Å². The Hall–Kier alpha value is -0.0800. The molecule has 0 bridgehead atoms. The summed E-state index contributed by atoms with van der Waals surface area (Å²) in [6.45, 7) is 9.01. The molecule has 1 fully saturated rings. The van der Waals surface area contributed by atoms with Crippen LogP contribution in [-0.4, -0.2) is 30.3 Å². The average Bonchev–Trinajstić information content (AvgIpc) is 2.55. The first kappa shape index (κ1) is 11.0. The van der Waals surface area contributed by atoms with Crippen LogP contribution >= 0.6 is 0 Å². The van der Waals surface area contributed by atoms with Crippen molar-refractivity contribution in [2.45, 2.75) is 58.8 Å². The molecule has 0 aromatic carbocycles. The van der Waals surface area contributed by atoms with E-state index >= 15 is 0 Å². The van der Waals surface area contributed by atoms with E-state index in [1.54, 1.807) is 0 Å². The molecule has 1 saturated heterocycles. The molecular formula is C11H23NO. The molecule has 0 radical (unpaired) electrons. The van der Waals surface area contributed by atoms with Crippen molar-refractivity contribution in [1.29, 1.82) is 0 Å². The van der Waals surface area contributed by atoms with E-state index in [9.17, 15) is 0 Å². The number of likely N-dealkylation sites (tertiary alicyclic amines) is 1. The van der Waals surface area contributed by atoms with Crippen molar-refractivity contribution in [3.63, 3.8) is 0 Å². The number of hydrogen-bond donors (Lipinski definition) is 0. The van der Waals surface area contributed by atoms with Crippen LogP contribution in [0.5, 0.6) is 0 Å². The van der Waals surface area contributed by atoms with E-state index < -0.39 is 0 Å². The second-order valence-corrected chi connectivity index (χ2v) is 4.08. The van der Waals surface area contributed by atoms with Crippen LogP contribution in [0.1, 0.15) is 46.5 Å². The van der Waals surface area contributed by atoms with E-state index in [1.807, 2.05) is 0 Å². The van der Waals surface area contributed by atoms with Crippen molar-refractivity contribution < 1.29 is 4.74 Å². The maximum absolute atomic E-state index is 5.90. The molecule has 2 nitrogen and oxygen atoms in total. The van der Waals surface area contributed by atoms with Crippen molar-refractivity contribution in [2.24, 2.45) is 0 Å². The minimum absolute atomic E-state index is 0.323. The minimum atomic E-state index is 0.323. The highest BCUT2D eigenvalue weighted by Gasteiger charge is 2.19. The van der Waals surface area contributed by atoms with Crippen LogP contribution in [0.4, 0.5) is 0 Å². The topological polar surface area (TPSA) is 12.5 Å². The highest BCUT2D eigenvalue weighted by Crippen LogP contribution is 2.14. The first-order chi connectivity index (χ1) is 6.24. The van der Waals surface area contributed by atoms with E-state index in [4.69, 9.17) is 4.74 Å². The summed E-state index contributed by atoms with van der Waals surface area (Å²) in [4.78, 5) is 2.44. The average molecular weight is 185 g/mol. The van der Waals surface area contributed by atoms with Crippen LogP contribution in [0.2, 0.25) is 0 Å². The van der Waals surface area contributed by atoms with Crippen molar-refractivity contribution in [1.82, 2.24) is 4.90 Å². The SMILES string of the molecule is CCCC(C)OC(C)N1CCCC1. The van der Waals surface area contributed by atoms with E-state index in [1.165, 1.54) is 38.8 Å². The summed E-state index contributed by atoms with van der Waals surface area (Å²) < 4.78 is 5.90. The Bertz CT molecular complexity index is 132. The normalized spacial score (nSPS) is 23.3. The van der Waals surface area contributed by atoms with Gasteiger partial charge in [-0.2, -0.15) is 0 Å². The molecule has 0 aromatic heterocycles. The first-order valence-corrected chi connectivity index (χ1v) is 5.63. The molecule has 0 saturated carbocycles. The number of nitrogens with zero attached hydrogens (tertiary/aromatic N) is 1. The van der Waals surface area contributed by atoms with Crippen LogP contribution in [0, 0.1) is 0 Å². The summed E-state index contributed by atoms with van der Waals surface area (Å²) in [5.74, 6) is 0. The molecule has 13 heavy (non-hydrogen) atoms. The lowest BCUT2D eigenvalue weighted by atomic mass is 10.2. The van der Waals surface area contributed by atoms with Gasteiger partial charge in [0, 0.05) is 13.1 Å². The lowest BCUT2D eigenvalue weighted by Crippen LogP contribution is -2.34. The highest BCUT2D eigenvalue weighted by molar-refractivity contribution is 4.68. The van der Waals surface area contributed by atoms with Crippen molar-refractivity contribution in [2.75, 3.05) is 13.1 Å². The predicted octanol–water partition coefficient (Wildman–Crippen LogP) is 2.63. The van der Waals surface area contributed by atoms with Gasteiger partial charge in [-0.3, -0.25) is 4.90 Å². The molecule has 2 heteroatoms. The zero-order chi connectivity index (χ0) is 9.68. The lowest BCUT2D eigenvalue weighted by Gasteiger charge is -2.26. The molecule has 1 aliphatic rings. The second-order valence-electron chi connectivity index (χ2n) is 4.08. The fraction of sp³-hybridized carbons (Fsp3) is 1.00. The second kappa shape index (κ2) is 5.61. The smallest absolute Gasteiger partial charge is 0.108 e. The summed E-state index contributed by atoms with van der Waals surface area (Å²) >= 11 is 0. The molecule has 2 atom stereocenters. The van der Waals surface area contributed by atoms with Gasteiger partial charge >= 0.3 is 0 Å². The lowest BCUT2D eigenvalue weighted by molar-refractivity contribution is -0.0765. The van der Waals surface area contributed by atoms with E-state index in [0.29, 0.717) is 12.3 Å². The van der Waals surface area contributed by atoms with Gasteiger partial charge in [-0.05, 0) is 33.1 Å². The van der Waals surface area contributed by atoms with Gasteiger partial charge in [-0.1, -0.05) is 13.3 Å². The molecule has 0 aromatic rings. The third kappa shape index (κ3) is 3.65. The summed E-state index contributed by atoms with van der Waals surface area (Å²) in [5, 5.41) is 0. The van der Waals surface area contributed by atoms with Crippen LogP contribution in [-0.2, 0) is 4.74 Å². The minimum Gasteiger partial charge on any atom is -0.361 e. The van der Waals surface area contributed by atoms with Gasteiger partial charge in [0.25, 0.3) is 0 Å². The molecule has 1 heterocycles. The van der Waals surface area contributed by atoms with Gasteiger partial charge in [-0.25, -0.2) is 0 Å². The number of hydrogen-bond acceptors (Lipinski definition) is 2. The summed E-state index contributed by atoms with van der Waals surface area (Å²) in [5.41, 5.74) is 0. The first-order valence-electron chi connectivity index (χ1n) is 5.63. The van der Waals surface area contributed by atoms with Gasteiger partial charge in [0.05, 0.1) is 6.10 Å². The van der Waals surface area contributed by atoms with E-state index in [-0.39, 0.29) is 0 Å². The molecule has 1 aliphatic heterocycles. The van der Waals surface area contributed by atoms with Gasteiger partial charge < -0.3 is 4.74 Å². The van der Waals surface area contributed by atoms with Crippen LogP contribution < -0.4 is 0 Å². The van der Waals surface area contributed by atoms with E-state index in [2.05, 4.69) is 25.7 Å². The van der Waals surface area contributed by atoms with Crippen molar-refractivity contribution in [3.8, 4) is 0 Å². The largest absolute Gasteiger partial charge is 0.361 e.